The molecule has 3 saturated heterocycles. The zero-order chi connectivity index (χ0) is 15.8. The van der Waals surface area contributed by atoms with E-state index >= 15 is 0 Å². The summed E-state index contributed by atoms with van der Waals surface area (Å²) in [6.07, 6.45) is 2.78. The van der Waals surface area contributed by atoms with Gasteiger partial charge in [-0.15, -0.1) is 0 Å². The van der Waals surface area contributed by atoms with E-state index in [0.717, 1.165) is 28.1 Å². The van der Waals surface area contributed by atoms with Crippen LogP contribution in [0.1, 0.15) is 18.5 Å². The predicted octanol–water partition coefficient (Wildman–Crippen LogP) is 2.06. The number of methoxy groups -OCH3 is 1. The minimum Gasteiger partial charge on any atom is -0.497 e. The molecule has 3 aliphatic heterocycles. The number of amides is 1. The smallest absolute Gasteiger partial charge is 0.226 e. The van der Waals surface area contributed by atoms with Crippen LogP contribution in [0, 0.1) is 5.92 Å². The molecule has 1 amide bonds. The molecule has 1 aromatic heterocycles. The first-order chi connectivity index (χ1) is 11.2. The lowest BCUT2D eigenvalue weighted by Gasteiger charge is -2.44. The lowest BCUT2D eigenvalue weighted by molar-refractivity contribution is -0.122. The van der Waals surface area contributed by atoms with Crippen LogP contribution in [0.25, 0.3) is 10.1 Å². The zero-order valence-electron chi connectivity index (χ0n) is 13.2. The molecule has 1 N–H and O–H groups in total. The summed E-state index contributed by atoms with van der Waals surface area (Å²) < 4.78 is 10.8. The van der Waals surface area contributed by atoms with Crippen LogP contribution in [0.2, 0.25) is 0 Å². The largest absolute Gasteiger partial charge is 0.497 e. The molecule has 5 rings (SSSR count). The van der Waals surface area contributed by atoms with Gasteiger partial charge in [0.25, 0.3) is 0 Å². The number of hydrogen-bond donors (Lipinski definition) is 1. The maximum Gasteiger partial charge on any atom is 0.226 e. The number of aromatic nitrogens is 1. The minimum absolute atomic E-state index is 0.0896. The molecule has 2 aromatic rings. The van der Waals surface area contributed by atoms with E-state index in [0.29, 0.717) is 18.4 Å². The van der Waals surface area contributed by atoms with Crippen LogP contribution in [-0.4, -0.2) is 48.0 Å². The summed E-state index contributed by atoms with van der Waals surface area (Å²) in [5.74, 6) is 1.57. The van der Waals surface area contributed by atoms with Crippen LogP contribution in [0.4, 0.5) is 0 Å². The highest BCUT2D eigenvalue weighted by Crippen LogP contribution is 2.29. The Kier molecular flexibility index (Phi) is 3.95. The summed E-state index contributed by atoms with van der Waals surface area (Å²) in [7, 11) is 1.66. The van der Waals surface area contributed by atoms with E-state index < -0.39 is 0 Å². The standard InChI is InChI=1S/C17H21N3O2S/c1-22-12-2-3-13-14(19-23-16(13)8-12)9-17(21)18-15-10-20-6-4-11(15)5-7-20/h2-3,8,11,15H,4-7,9-10H2,1H3,(H,18,21)/t15-/m0/s1. The second kappa shape index (κ2) is 6.09. The van der Waals surface area contributed by atoms with Crippen molar-refractivity contribution in [3.05, 3.63) is 23.9 Å². The number of ether oxygens (including phenoxy) is 1. The number of hydrogen-bond acceptors (Lipinski definition) is 5. The SMILES string of the molecule is COc1ccc2c(CC(=O)N[C@H]3CN4CCC3CC4)nsc2c1. The second-order valence-corrected chi connectivity index (χ2v) is 7.29. The highest BCUT2D eigenvalue weighted by molar-refractivity contribution is 7.13. The third-order valence-corrected chi connectivity index (χ3v) is 5.93. The van der Waals surface area contributed by atoms with Gasteiger partial charge in [0, 0.05) is 18.0 Å². The third-order valence-electron chi connectivity index (χ3n) is 5.08. The van der Waals surface area contributed by atoms with E-state index in [9.17, 15) is 4.79 Å². The van der Waals surface area contributed by atoms with Gasteiger partial charge in [0.2, 0.25) is 5.91 Å². The van der Waals surface area contributed by atoms with Crippen molar-refractivity contribution in [1.82, 2.24) is 14.6 Å². The van der Waals surface area contributed by atoms with E-state index in [1.165, 1.54) is 37.5 Å². The van der Waals surface area contributed by atoms with Gasteiger partial charge in [-0.3, -0.25) is 4.79 Å². The fourth-order valence-electron chi connectivity index (χ4n) is 3.76. The quantitative estimate of drug-likeness (QED) is 0.932. The van der Waals surface area contributed by atoms with Gasteiger partial charge in [0.1, 0.15) is 5.75 Å². The fourth-order valence-corrected chi connectivity index (χ4v) is 4.59. The van der Waals surface area contributed by atoms with E-state index in [4.69, 9.17) is 4.74 Å². The normalized spacial score (nSPS) is 26.4. The van der Waals surface area contributed by atoms with Crippen LogP contribution in [0.15, 0.2) is 18.2 Å². The van der Waals surface area contributed by atoms with E-state index in [1.54, 1.807) is 7.11 Å². The number of piperidine rings is 3. The molecular weight excluding hydrogens is 310 g/mol. The average molecular weight is 331 g/mol. The van der Waals surface area contributed by atoms with Crippen LogP contribution in [0.3, 0.4) is 0 Å². The Bertz CT molecular complexity index is 722. The number of carbonyl (C=O) groups is 1. The number of carbonyl (C=O) groups excluding carboxylic acids is 1. The molecule has 0 radical (unpaired) electrons. The second-order valence-electron chi connectivity index (χ2n) is 6.48. The number of nitrogens with zero attached hydrogens (tertiary/aromatic N) is 2. The zero-order valence-corrected chi connectivity index (χ0v) is 14.1. The van der Waals surface area contributed by atoms with Crippen LogP contribution in [0.5, 0.6) is 5.75 Å². The Morgan fingerprint density at radius 2 is 2.26 bits per heavy atom. The van der Waals surface area contributed by atoms with Crippen molar-refractivity contribution in [2.75, 3.05) is 26.7 Å². The highest BCUT2D eigenvalue weighted by atomic mass is 32.1. The van der Waals surface area contributed by atoms with Gasteiger partial charge in [-0.1, -0.05) is 0 Å². The maximum absolute atomic E-state index is 12.4. The van der Waals surface area contributed by atoms with E-state index in [-0.39, 0.29) is 5.91 Å². The van der Waals surface area contributed by atoms with Crippen LogP contribution >= 0.6 is 11.5 Å². The summed E-state index contributed by atoms with van der Waals surface area (Å²) in [5.41, 5.74) is 0.867. The van der Waals surface area contributed by atoms with Gasteiger partial charge >= 0.3 is 0 Å². The summed E-state index contributed by atoms with van der Waals surface area (Å²) in [6, 6.07) is 6.21. The molecule has 6 heteroatoms. The van der Waals surface area contributed by atoms with Crippen molar-refractivity contribution in [2.45, 2.75) is 25.3 Å². The van der Waals surface area contributed by atoms with Gasteiger partial charge in [-0.25, -0.2) is 0 Å². The Morgan fingerprint density at radius 3 is 2.96 bits per heavy atom. The summed E-state index contributed by atoms with van der Waals surface area (Å²) in [6.45, 7) is 3.39. The summed E-state index contributed by atoms with van der Waals surface area (Å²) in [5, 5.41) is 4.29. The first kappa shape index (κ1) is 14.9. The summed E-state index contributed by atoms with van der Waals surface area (Å²) >= 11 is 1.43. The first-order valence-electron chi connectivity index (χ1n) is 8.17. The molecule has 0 aliphatic carbocycles. The Labute approximate surface area is 139 Å². The number of nitrogens with one attached hydrogen (secondary N) is 1. The van der Waals surface area contributed by atoms with Gasteiger partial charge in [0.05, 0.1) is 23.9 Å². The average Bonchev–Trinajstić information content (AvgIpc) is 2.98. The number of benzene rings is 1. The Hall–Kier alpha value is -1.66. The van der Waals surface area contributed by atoms with Crippen molar-refractivity contribution in [2.24, 2.45) is 5.92 Å². The number of rotatable bonds is 4. The van der Waals surface area contributed by atoms with Gasteiger partial charge in [0.15, 0.2) is 0 Å². The molecule has 3 fully saturated rings. The minimum atomic E-state index is 0.0896. The monoisotopic (exact) mass is 331 g/mol. The van der Waals surface area contributed by atoms with Crippen molar-refractivity contribution >= 4 is 27.5 Å². The van der Waals surface area contributed by atoms with E-state index in [2.05, 4.69) is 14.6 Å². The highest BCUT2D eigenvalue weighted by Gasteiger charge is 2.34. The molecular formula is C17H21N3O2S. The molecule has 23 heavy (non-hydrogen) atoms. The van der Waals surface area contributed by atoms with Crippen molar-refractivity contribution in [3.8, 4) is 5.75 Å². The molecule has 5 nitrogen and oxygen atoms in total. The first-order valence-corrected chi connectivity index (χ1v) is 8.94. The molecule has 122 valence electrons. The van der Waals surface area contributed by atoms with Crippen molar-refractivity contribution in [1.29, 1.82) is 0 Å². The van der Waals surface area contributed by atoms with Crippen LogP contribution in [-0.2, 0) is 11.2 Å². The third kappa shape index (κ3) is 2.93. The molecule has 1 aromatic carbocycles. The molecule has 3 aliphatic rings. The van der Waals surface area contributed by atoms with E-state index in [1.807, 2.05) is 18.2 Å². The molecule has 1 atom stereocenters. The van der Waals surface area contributed by atoms with Gasteiger partial charge in [-0.05, 0) is 61.6 Å². The molecule has 4 heterocycles. The van der Waals surface area contributed by atoms with Crippen molar-refractivity contribution < 1.29 is 9.53 Å². The Balaban J connectivity index is 1.44. The molecule has 0 unspecified atom stereocenters. The van der Waals surface area contributed by atoms with Gasteiger partial charge in [-0.2, -0.15) is 4.37 Å². The topological polar surface area (TPSA) is 54.5 Å². The number of fused-ring (bicyclic) bond motifs is 4. The predicted molar refractivity (Wildman–Crippen MR) is 91.0 cm³/mol. The lowest BCUT2D eigenvalue weighted by atomic mass is 9.84. The fraction of sp³-hybridized carbons (Fsp3) is 0.529. The molecule has 2 bridgehead atoms. The Morgan fingerprint density at radius 1 is 1.43 bits per heavy atom. The summed E-state index contributed by atoms with van der Waals surface area (Å²) in [4.78, 5) is 14.9. The lowest BCUT2D eigenvalue weighted by Crippen LogP contribution is -2.57. The van der Waals surface area contributed by atoms with Crippen molar-refractivity contribution in [3.63, 3.8) is 0 Å². The molecule has 0 saturated carbocycles. The van der Waals surface area contributed by atoms with Gasteiger partial charge < -0.3 is 15.0 Å². The maximum atomic E-state index is 12.4. The molecule has 0 spiro atoms. The van der Waals surface area contributed by atoms with Crippen LogP contribution < -0.4 is 10.1 Å².